The second-order valence-corrected chi connectivity index (χ2v) is 10.3. The van der Waals surface area contributed by atoms with Crippen LogP contribution in [-0.2, 0) is 15.0 Å². The molecule has 172 valence electrons. The van der Waals surface area contributed by atoms with Crippen LogP contribution < -0.4 is 0 Å². The summed E-state index contributed by atoms with van der Waals surface area (Å²) in [4.78, 5) is 35.9. The number of nitrogens with zero attached hydrogens (tertiary/aromatic N) is 1. The van der Waals surface area contributed by atoms with E-state index in [-0.39, 0.29) is 17.2 Å². The lowest BCUT2D eigenvalue weighted by molar-refractivity contribution is -0.384. The number of benzene rings is 2. The predicted molar refractivity (Wildman–Crippen MR) is 126 cm³/mol. The molecule has 0 amide bonds. The largest absolute Gasteiger partial charge is 0.504 e. The van der Waals surface area contributed by atoms with Gasteiger partial charge in [0.1, 0.15) is 0 Å². The van der Waals surface area contributed by atoms with Gasteiger partial charge in [-0.15, -0.1) is 0 Å². The molecule has 0 aromatic heterocycles. The fraction of sp³-hybridized carbons (Fsp3) is 0.308. The normalized spacial score (nSPS) is 14.7. The van der Waals surface area contributed by atoms with Crippen LogP contribution >= 0.6 is 0 Å². The topological polar surface area (TPSA) is 118 Å². The molecule has 2 N–H and O–H groups in total. The lowest BCUT2D eigenvalue weighted by Crippen LogP contribution is -2.26. The molecule has 0 bridgehead atoms. The molecule has 1 aliphatic rings. The minimum atomic E-state index is -0.678. The molecule has 0 saturated heterocycles. The Kier molecular flexibility index (Phi) is 5.79. The molecule has 1 aliphatic carbocycles. The molecular weight excluding hydrogens is 422 g/mol. The SMILES string of the molecule is CC(C)(C)C1=CC(c2cc(-c3cc(O)c(O)c(C(C)(C)C)c3)cc([N+](=O)[O-])c2)=CC(=O)C1=O. The van der Waals surface area contributed by atoms with Gasteiger partial charge in [-0.1, -0.05) is 41.5 Å². The highest BCUT2D eigenvalue weighted by Crippen LogP contribution is 2.42. The number of nitro benzene ring substituents is 1. The fourth-order valence-corrected chi connectivity index (χ4v) is 3.73. The van der Waals surface area contributed by atoms with Gasteiger partial charge < -0.3 is 10.2 Å². The number of non-ortho nitro benzene ring substituents is 1. The first kappa shape index (κ1) is 23.9. The molecule has 0 aliphatic heterocycles. The van der Waals surface area contributed by atoms with Crippen LogP contribution in [0.4, 0.5) is 5.69 Å². The molecule has 0 heterocycles. The highest BCUT2D eigenvalue weighted by Gasteiger charge is 2.31. The standard InChI is InChI=1S/C26H27NO6/c1-25(2,3)19-10-16(12-21(28)23(19)30)14-7-15(9-18(8-14)27(32)33)17-11-20(26(4,5)6)24(31)22(29)13-17/h7-13,28,30H,1-6H3. The van der Waals surface area contributed by atoms with E-state index >= 15 is 0 Å². The molecule has 7 heteroatoms. The summed E-state index contributed by atoms with van der Waals surface area (Å²) in [5, 5.41) is 32.3. The van der Waals surface area contributed by atoms with E-state index in [9.17, 15) is 29.9 Å². The van der Waals surface area contributed by atoms with Gasteiger partial charge in [-0.2, -0.15) is 0 Å². The number of phenolic OH excluding ortho intramolecular Hbond substituents is 2. The molecule has 2 aromatic carbocycles. The summed E-state index contributed by atoms with van der Waals surface area (Å²) in [5.41, 5.74) is 1.22. The number of carbonyl (C=O) groups excluding carboxylic acids is 2. The predicted octanol–water partition coefficient (Wildman–Crippen LogP) is 5.48. The third kappa shape index (κ3) is 4.72. The summed E-state index contributed by atoms with van der Waals surface area (Å²) in [6.07, 6.45) is 2.79. The number of rotatable bonds is 3. The van der Waals surface area contributed by atoms with E-state index in [1.54, 1.807) is 18.2 Å². The molecule has 0 unspecified atom stereocenters. The third-order valence-corrected chi connectivity index (χ3v) is 5.56. The van der Waals surface area contributed by atoms with E-state index in [1.165, 1.54) is 24.3 Å². The zero-order valence-electron chi connectivity index (χ0n) is 19.5. The van der Waals surface area contributed by atoms with E-state index in [0.29, 0.717) is 33.4 Å². The molecule has 0 radical (unpaired) electrons. The average Bonchev–Trinajstić information content (AvgIpc) is 2.69. The first-order valence-corrected chi connectivity index (χ1v) is 10.5. The number of nitro groups is 1. The van der Waals surface area contributed by atoms with E-state index < -0.39 is 27.3 Å². The van der Waals surface area contributed by atoms with Crippen molar-refractivity contribution in [1.82, 2.24) is 0 Å². The minimum Gasteiger partial charge on any atom is -0.504 e. The van der Waals surface area contributed by atoms with Crippen molar-refractivity contribution < 1.29 is 24.7 Å². The van der Waals surface area contributed by atoms with Crippen LogP contribution in [0.1, 0.15) is 52.7 Å². The van der Waals surface area contributed by atoms with Gasteiger partial charge in [0, 0.05) is 23.3 Å². The van der Waals surface area contributed by atoms with E-state index in [2.05, 4.69) is 0 Å². The number of phenols is 2. The molecule has 3 rings (SSSR count). The Morgan fingerprint density at radius 3 is 1.91 bits per heavy atom. The highest BCUT2D eigenvalue weighted by atomic mass is 16.6. The Labute approximate surface area is 192 Å². The molecule has 0 fully saturated rings. The van der Waals surface area contributed by atoms with Gasteiger partial charge in [0.25, 0.3) is 5.69 Å². The first-order valence-electron chi connectivity index (χ1n) is 10.5. The van der Waals surface area contributed by atoms with Crippen LogP contribution in [0.3, 0.4) is 0 Å². The number of Topliss-reactive ketones (excluding diaryl/α,β-unsaturated/α-hetero) is 1. The van der Waals surface area contributed by atoms with Gasteiger partial charge in [-0.25, -0.2) is 0 Å². The number of ketones is 2. The van der Waals surface area contributed by atoms with Crippen LogP contribution in [0, 0.1) is 15.5 Å². The Hall–Kier alpha value is -3.74. The van der Waals surface area contributed by atoms with Gasteiger partial charge in [0.2, 0.25) is 11.6 Å². The van der Waals surface area contributed by atoms with Crippen LogP contribution in [0.5, 0.6) is 11.5 Å². The summed E-state index contributed by atoms with van der Waals surface area (Å²) in [5.74, 6) is -1.84. The Morgan fingerprint density at radius 1 is 0.788 bits per heavy atom. The van der Waals surface area contributed by atoms with Crippen LogP contribution in [-0.4, -0.2) is 26.7 Å². The van der Waals surface area contributed by atoms with Crippen LogP contribution in [0.15, 0.2) is 48.1 Å². The summed E-state index contributed by atoms with van der Waals surface area (Å²) < 4.78 is 0. The molecule has 0 spiro atoms. The van der Waals surface area contributed by atoms with Crippen molar-refractivity contribution >= 4 is 22.8 Å². The fourth-order valence-electron chi connectivity index (χ4n) is 3.73. The van der Waals surface area contributed by atoms with Crippen LogP contribution in [0.2, 0.25) is 0 Å². The Morgan fingerprint density at radius 2 is 1.36 bits per heavy atom. The number of allylic oxidation sites excluding steroid dienone is 4. The third-order valence-electron chi connectivity index (χ3n) is 5.56. The summed E-state index contributed by atoms with van der Waals surface area (Å²) in [6.45, 7) is 11.1. The second-order valence-electron chi connectivity index (χ2n) is 10.3. The van der Waals surface area contributed by atoms with Gasteiger partial charge >= 0.3 is 0 Å². The maximum absolute atomic E-state index is 12.4. The van der Waals surface area contributed by atoms with Crippen molar-refractivity contribution in [1.29, 1.82) is 0 Å². The average molecular weight is 450 g/mol. The van der Waals surface area contributed by atoms with Crippen molar-refractivity contribution in [3.8, 4) is 22.6 Å². The van der Waals surface area contributed by atoms with Gasteiger partial charge in [0.15, 0.2) is 11.5 Å². The van der Waals surface area contributed by atoms with Crippen molar-refractivity contribution in [3.05, 3.63) is 69.3 Å². The Bertz CT molecular complexity index is 1250. The molecule has 0 saturated carbocycles. The number of hydrogen-bond acceptors (Lipinski definition) is 6. The Balaban J connectivity index is 2.26. The molecule has 33 heavy (non-hydrogen) atoms. The lowest BCUT2D eigenvalue weighted by Gasteiger charge is -2.24. The first-order chi connectivity index (χ1) is 15.1. The lowest BCUT2D eigenvalue weighted by atomic mass is 9.78. The summed E-state index contributed by atoms with van der Waals surface area (Å²) >= 11 is 0. The zero-order chi connectivity index (χ0) is 24.9. The number of carbonyl (C=O) groups is 2. The van der Waals surface area contributed by atoms with Gasteiger partial charge in [0.05, 0.1) is 4.92 Å². The quantitative estimate of drug-likeness (QED) is 0.211. The minimum absolute atomic E-state index is 0.205. The van der Waals surface area contributed by atoms with Crippen molar-refractivity contribution in [2.75, 3.05) is 0 Å². The molecule has 7 nitrogen and oxygen atoms in total. The van der Waals surface area contributed by atoms with Crippen molar-refractivity contribution in [3.63, 3.8) is 0 Å². The number of aromatic hydroxyl groups is 2. The monoisotopic (exact) mass is 449 g/mol. The van der Waals surface area contributed by atoms with E-state index in [1.807, 2.05) is 41.5 Å². The maximum atomic E-state index is 12.4. The summed E-state index contributed by atoms with van der Waals surface area (Å²) in [7, 11) is 0. The summed E-state index contributed by atoms with van der Waals surface area (Å²) in [6, 6.07) is 7.40. The van der Waals surface area contributed by atoms with E-state index in [0.717, 1.165) is 0 Å². The highest BCUT2D eigenvalue weighted by molar-refractivity contribution is 6.50. The van der Waals surface area contributed by atoms with Gasteiger partial charge in [-0.3, -0.25) is 19.7 Å². The number of hydrogen-bond donors (Lipinski definition) is 2. The molecule has 0 atom stereocenters. The molecular formula is C26H27NO6. The zero-order valence-corrected chi connectivity index (χ0v) is 19.5. The van der Waals surface area contributed by atoms with Crippen LogP contribution in [0.25, 0.3) is 16.7 Å². The van der Waals surface area contributed by atoms with Crippen molar-refractivity contribution in [2.24, 2.45) is 5.41 Å². The van der Waals surface area contributed by atoms with E-state index in [4.69, 9.17) is 0 Å². The molecule has 2 aromatic rings. The van der Waals surface area contributed by atoms with Crippen molar-refractivity contribution in [2.45, 2.75) is 47.0 Å². The van der Waals surface area contributed by atoms with Gasteiger partial charge in [-0.05, 0) is 63.4 Å². The smallest absolute Gasteiger partial charge is 0.270 e. The second kappa shape index (κ2) is 7.99. The maximum Gasteiger partial charge on any atom is 0.270 e.